The molecule has 0 fully saturated rings. The second-order valence-corrected chi connectivity index (χ2v) is 6.67. The van der Waals surface area contributed by atoms with Crippen molar-refractivity contribution in [2.24, 2.45) is 0 Å². The molecule has 0 radical (unpaired) electrons. The Labute approximate surface area is 141 Å². The third kappa shape index (κ3) is 2.96. The maximum atomic E-state index is 12.2. The van der Waals surface area contributed by atoms with E-state index in [2.05, 4.69) is 25.7 Å². The summed E-state index contributed by atoms with van der Waals surface area (Å²) in [5.41, 5.74) is 3.58. The molecule has 1 N–H and O–H groups in total. The fraction of sp³-hybridized carbons (Fsp3) is 0.238. The van der Waals surface area contributed by atoms with E-state index in [1.165, 1.54) is 0 Å². The number of aromatic carboxylic acids is 1. The lowest BCUT2D eigenvalue weighted by molar-refractivity contribution is 0.0696. The fourth-order valence-corrected chi connectivity index (χ4v) is 3.14. The maximum Gasteiger partial charge on any atom is 0.335 e. The molecule has 0 aromatic heterocycles. The first-order chi connectivity index (χ1) is 11.4. The van der Waals surface area contributed by atoms with Crippen molar-refractivity contribution in [3.05, 3.63) is 70.3 Å². The molecule has 0 saturated heterocycles. The number of carboxylic acids is 1. The molecule has 2 aromatic rings. The molecule has 0 unspecified atom stereocenters. The number of carbonyl (C=O) groups is 2. The second kappa shape index (κ2) is 5.98. The SMILES string of the molecule is CC1(C)CCC(=O)c2cccc(C#Cc3ccc(C(=O)O)cc3)c21. The van der Waals surface area contributed by atoms with Crippen LogP contribution in [-0.4, -0.2) is 16.9 Å². The number of carbonyl (C=O) groups excluding carboxylic acids is 1. The van der Waals surface area contributed by atoms with E-state index in [-0.39, 0.29) is 16.8 Å². The minimum atomic E-state index is -0.952. The largest absolute Gasteiger partial charge is 0.478 e. The normalized spacial score (nSPS) is 15.2. The van der Waals surface area contributed by atoms with Gasteiger partial charge in [0.2, 0.25) is 0 Å². The van der Waals surface area contributed by atoms with Crippen molar-refractivity contribution in [3.63, 3.8) is 0 Å². The fourth-order valence-electron chi connectivity index (χ4n) is 3.14. The monoisotopic (exact) mass is 318 g/mol. The quantitative estimate of drug-likeness (QED) is 0.807. The number of hydrogen-bond acceptors (Lipinski definition) is 2. The van der Waals surface area contributed by atoms with Crippen molar-refractivity contribution in [2.75, 3.05) is 0 Å². The van der Waals surface area contributed by atoms with Gasteiger partial charge in [0.05, 0.1) is 5.56 Å². The number of benzene rings is 2. The highest BCUT2D eigenvalue weighted by Crippen LogP contribution is 2.38. The Morgan fingerprint density at radius 1 is 1.08 bits per heavy atom. The highest BCUT2D eigenvalue weighted by molar-refractivity contribution is 5.99. The number of carboxylic acid groups (broad SMARTS) is 1. The number of ketones is 1. The molecule has 0 bridgehead atoms. The molecule has 0 heterocycles. The van der Waals surface area contributed by atoms with Crippen LogP contribution in [0.1, 0.15) is 64.1 Å². The number of Topliss-reactive ketones (excluding diaryl/α,β-unsaturated/α-hetero) is 1. The van der Waals surface area contributed by atoms with E-state index in [1.807, 2.05) is 18.2 Å². The third-order valence-corrected chi connectivity index (χ3v) is 4.49. The lowest BCUT2D eigenvalue weighted by atomic mass is 9.70. The molecule has 120 valence electrons. The van der Waals surface area contributed by atoms with E-state index in [1.54, 1.807) is 24.3 Å². The molecule has 0 aliphatic heterocycles. The van der Waals surface area contributed by atoms with Gasteiger partial charge in [-0.05, 0) is 47.7 Å². The van der Waals surface area contributed by atoms with Gasteiger partial charge in [-0.1, -0.05) is 37.8 Å². The van der Waals surface area contributed by atoms with Crippen molar-refractivity contribution >= 4 is 11.8 Å². The summed E-state index contributed by atoms with van der Waals surface area (Å²) in [5.74, 6) is 5.47. The van der Waals surface area contributed by atoms with Gasteiger partial charge < -0.3 is 5.11 Å². The van der Waals surface area contributed by atoms with Gasteiger partial charge in [-0.3, -0.25) is 4.79 Å². The third-order valence-electron chi connectivity index (χ3n) is 4.49. The van der Waals surface area contributed by atoms with Crippen LogP contribution in [0.5, 0.6) is 0 Å². The van der Waals surface area contributed by atoms with Crippen LogP contribution in [0.4, 0.5) is 0 Å². The predicted molar refractivity (Wildman–Crippen MR) is 92.4 cm³/mol. The van der Waals surface area contributed by atoms with Crippen LogP contribution in [-0.2, 0) is 5.41 Å². The van der Waals surface area contributed by atoms with Crippen molar-refractivity contribution < 1.29 is 14.7 Å². The van der Waals surface area contributed by atoms with Crippen LogP contribution in [0.2, 0.25) is 0 Å². The van der Waals surface area contributed by atoms with Gasteiger partial charge in [0.15, 0.2) is 5.78 Å². The maximum absolute atomic E-state index is 12.2. The zero-order valence-corrected chi connectivity index (χ0v) is 13.7. The number of hydrogen-bond donors (Lipinski definition) is 1. The highest BCUT2D eigenvalue weighted by Gasteiger charge is 2.33. The first-order valence-electron chi connectivity index (χ1n) is 7.90. The summed E-state index contributed by atoms with van der Waals surface area (Å²) in [5, 5.41) is 8.93. The lowest BCUT2D eigenvalue weighted by Gasteiger charge is -2.32. The number of rotatable bonds is 1. The Morgan fingerprint density at radius 3 is 2.46 bits per heavy atom. The van der Waals surface area contributed by atoms with E-state index >= 15 is 0 Å². The van der Waals surface area contributed by atoms with Crippen molar-refractivity contribution in [1.29, 1.82) is 0 Å². The Morgan fingerprint density at radius 2 is 1.79 bits per heavy atom. The topological polar surface area (TPSA) is 54.4 Å². The van der Waals surface area contributed by atoms with Gasteiger partial charge in [0, 0.05) is 23.1 Å². The van der Waals surface area contributed by atoms with E-state index < -0.39 is 5.97 Å². The zero-order chi connectivity index (χ0) is 17.3. The van der Waals surface area contributed by atoms with Gasteiger partial charge in [-0.15, -0.1) is 0 Å². The molecule has 2 aromatic carbocycles. The molecule has 0 atom stereocenters. The summed E-state index contributed by atoms with van der Waals surface area (Å²) < 4.78 is 0. The van der Waals surface area contributed by atoms with Crippen LogP contribution < -0.4 is 0 Å². The van der Waals surface area contributed by atoms with E-state index in [4.69, 9.17) is 5.11 Å². The van der Waals surface area contributed by atoms with Crippen LogP contribution >= 0.6 is 0 Å². The molecule has 1 aliphatic carbocycles. The van der Waals surface area contributed by atoms with Gasteiger partial charge >= 0.3 is 5.97 Å². The second-order valence-electron chi connectivity index (χ2n) is 6.67. The van der Waals surface area contributed by atoms with Crippen LogP contribution in [0.15, 0.2) is 42.5 Å². The highest BCUT2D eigenvalue weighted by atomic mass is 16.4. The van der Waals surface area contributed by atoms with E-state index in [0.29, 0.717) is 6.42 Å². The average Bonchev–Trinajstić information content (AvgIpc) is 2.57. The summed E-state index contributed by atoms with van der Waals surface area (Å²) in [4.78, 5) is 23.1. The standard InChI is InChI=1S/C21H18O3/c1-21(2)13-12-18(22)17-5-3-4-15(19(17)21)9-6-14-7-10-16(11-8-14)20(23)24/h3-5,7-8,10-11H,12-13H2,1-2H3,(H,23,24). The van der Waals surface area contributed by atoms with E-state index in [9.17, 15) is 9.59 Å². The predicted octanol–water partition coefficient (Wildman–Crippen LogP) is 4.04. The Bertz CT molecular complexity index is 878. The lowest BCUT2D eigenvalue weighted by Crippen LogP contribution is -2.28. The summed E-state index contributed by atoms with van der Waals surface area (Å²) in [6.07, 6.45) is 1.40. The molecule has 0 saturated carbocycles. The molecule has 1 aliphatic rings. The van der Waals surface area contributed by atoms with Gasteiger partial charge in [-0.25, -0.2) is 4.79 Å². The van der Waals surface area contributed by atoms with Gasteiger partial charge in [0.1, 0.15) is 0 Å². The molecule has 24 heavy (non-hydrogen) atoms. The first kappa shape index (κ1) is 16.0. The van der Waals surface area contributed by atoms with Gasteiger partial charge in [-0.2, -0.15) is 0 Å². The molecule has 3 heteroatoms. The molecule has 0 spiro atoms. The first-order valence-corrected chi connectivity index (χ1v) is 7.90. The molecule has 0 amide bonds. The zero-order valence-electron chi connectivity index (χ0n) is 13.7. The Kier molecular flexibility index (Phi) is 3.99. The minimum Gasteiger partial charge on any atom is -0.478 e. The van der Waals surface area contributed by atoms with E-state index in [0.717, 1.165) is 28.7 Å². The Balaban J connectivity index is 2.02. The summed E-state index contributed by atoms with van der Waals surface area (Å²) in [6.45, 7) is 4.29. The van der Waals surface area contributed by atoms with Crippen molar-refractivity contribution in [2.45, 2.75) is 32.1 Å². The molecule has 3 rings (SSSR count). The number of fused-ring (bicyclic) bond motifs is 1. The van der Waals surface area contributed by atoms with Gasteiger partial charge in [0.25, 0.3) is 0 Å². The average molecular weight is 318 g/mol. The van der Waals surface area contributed by atoms with Crippen LogP contribution in [0.3, 0.4) is 0 Å². The minimum absolute atomic E-state index is 0.0817. The van der Waals surface area contributed by atoms with Crippen molar-refractivity contribution in [3.8, 4) is 11.8 Å². The summed E-state index contributed by atoms with van der Waals surface area (Å²) >= 11 is 0. The molecule has 3 nitrogen and oxygen atoms in total. The van der Waals surface area contributed by atoms with Crippen LogP contribution in [0, 0.1) is 11.8 Å². The van der Waals surface area contributed by atoms with Crippen molar-refractivity contribution in [1.82, 2.24) is 0 Å². The Hall–Kier alpha value is -2.86. The summed E-state index contributed by atoms with van der Waals surface area (Å²) in [7, 11) is 0. The van der Waals surface area contributed by atoms with Crippen LogP contribution in [0.25, 0.3) is 0 Å². The smallest absolute Gasteiger partial charge is 0.335 e. The molecular formula is C21H18O3. The molecular weight excluding hydrogens is 300 g/mol. The summed E-state index contributed by atoms with van der Waals surface area (Å²) in [6, 6.07) is 12.2.